The van der Waals surface area contributed by atoms with E-state index in [2.05, 4.69) is 25.5 Å². The van der Waals surface area contributed by atoms with Crippen molar-refractivity contribution in [1.82, 2.24) is 20.5 Å². The summed E-state index contributed by atoms with van der Waals surface area (Å²) in [5.74, 6) is 2.13. The molecule has 1 saturated heterocycles. The summed E-state index contributed by atoms with van der Waals surface area (Å²) >= 11 is 0. The first kappa shape index (κ1) is 22.5. The van der Waals surface area contributed by atoms with Gasteiger partial charge in [-0.15, -0.1) is 24.0 Å². The van der Waals surface area contributed by atoms with Crippen LogP contribution in [0.2, 0.25) is 0 Å². The van der Waals surface area contributed by atoms with Gasteiger partial charge in [-0.2, -0.15) is 0 Å². The van der Waals surface area contributed by atoms with Gasteiger partial charge in [-0.1, -0.05) is 0 Å². The third-order valence-corrected chi connectivity index (χ3v) is 4.42. The Balaban J connectivity index is 0.00000338. The Labute approximate surface area is 173 Å². The number of amides is 1. The number of guanidine groups is 1. The van der Waals surface area contributed by atoms with Gasteiger partial charge in [0.1, 0.15) is 0 Å². The predicted octanol–water partition coefficient (Wildman–Crippen LogP) is 2.02. The Hall–Kier alpha value is -1.58. The first-order valence-electron chi connectivity index (χ1n) is 8.90. The SMILES string of the molecule is CCOc1cc(CNC(=NC)N2CCC(CC(=O)NC)CC2)ccn1.I. The molecule has 0 bridgehead atoms. The van der Waals surface area contributed by atoms with Crippen molar-refractivity contribution in [2.75, 3.05) is 33.8 Å². The van der Waals surface area contributed by atoms with Crippen LogP contribution in [-0.2, 0) is 11.3 Å². The summed E-state index contributed by atoms with van der Waals surface area (Å²) in [5, 5.41) is 6.11. The number of ether oxygens (including phenoxy) is 1. The molecule has 1 aromatic rings. The topological polar surface area (TPSA) is 78.8 Å². The van der Waals surface area contributed by atoms with Gasteiger partial charge in [0.2, 0.25) is 11.8 Å². The Morgan fingerprint density at radius 3 is 2.77 bits per heavy atom. The number of likely N-dealkylation sites (tertiary alicyclic amines) is 1. The molecule has 0 unspecified atom stereocenters. The van der Waals surface area contributed by atoms with E-state index in [1.807, 2.05) is 19.1 Å². The second-order valence-corrected chi connectivity index (χ2v) is 6.14. The summed E-state index contributed by atoms with van der Waals surface area (Å²) in [6.07, 6.45) is 4.40. The summed E-state index contributed by atoms with van der Waals surface area (Å²) < 4.78 is 5.44. The quantitative estimate of drug-likeness (QED) is 0.374. The minimum atomic E-state index is 0. The minimum absolute atomic E-state index is 0. The number of nitrogens with one attached hydrogen (secondary N) is 2. The number of carbonyl (C=O) groups excluding carboxylic acids is 1. The second kappa shape index (κ2) is 11.9. The van der Waals surface area contributed by atoms with Gasteiger partial charge in [-0.25, -0.2) is 4.98 Å². The lowest BCUT2D eigenvalue weighted by atomic mass is 9.93. The summed E-state index contributed by atoms with van der Waals surface area (Å²) in [5.41, 5.74) is 1.11. The largest absolute Gasteiger partial charge is 0.478 e. The number of rotatable bonds is 6. The lowest BCUT2D eigenvalue weighted by molar-refractivity contribution is -0.121. The number of aromatic nitrogens is 1. The lowest BCUT2D eigenvalue weighted by Crippen LogP contribution is -2.45. The molecule has 26 heavy (non-hydrogen) atoms. The first-order chi connectivity index (χ1) is 12.2. The van der Waals surface area contributed by atoms with Gasteiger partial charge in [0.15, 0.2) is 5.96 Å². The molecule has 1 amide bonds. The molecule has 2 N–H and O–H groups in total. The average molecular weight is 475 g/mol. The standard InChI is InChI=1S/C18H29N5O2.HI/c1-4-25-17-12-15(5-8-21-17)13-22-18(20-3)23-9-6-14(7-10-23)11-16(24)19-2;/h5,8,12,14H,4,6-7,9-11,13H2,1-3H3,(H,19,24)(H,20,22);1H. The van der Waals surface area contributed by atoms with Crippen molar-refractivity contribution < 1.29 is 9.53 Å². The maximum Gasteiger partial charge on any atom is 0.220 e. The van der Waals surface area contributed by atoms with E-state index in [0.29, 0.717) is 31.4 Å². The molecule has 0 spiro atoms. The molecule has 0 radical (unpaired) electrons. The van der Waals surface area contributed by atoms with Gasteiger partial charge >= 0.3 is 0 Å². The molecule has 0 saturated carbocycles. The zero-order valence-electron chi connectivity index (χ0n) is 15.8. The molecular weight excluding hydrogens is 445 g/mol. The van der Waals surface area contributed by atoms with Crippen LogP contribution in [0.5, 0.6) is 5.88 Å². The van der Waals surface area contributed by atoms with Gasteiger partial charge in [0.25, 0.3) is 0 Å². The molecule has 0 aliphatic carbocycles. The van der Waals surface area contributed by atoms with Crippen molar-refractivity contribution in [2.45, 2.75) is 32.7 Å². The smallest absolute Gasteiger partial charge is 0.220 e. The molecule has 2 heterocycles. The molecule has 0 atom stereocenters. The van der Waals surface area contributed by atoms with Crippen LogP contribution in [0.3, 0.4) is 0 Å². The highest BCUT2D eigenvalue weighted by Gasteiger charge is 2.22. The fourth-order valence-corrected chi connectivity index (χ4v) is 3.01. The lowest BCUT2D eigenvalue weighted by Gasteiger charge is -2.34. The molecular formula is C18H30IN5O2. The predicted molar refractivity (Wildman–Crippen MR) is 114 cm³/mol. The highest BCUT2D eigenvalue weighted by molar-refractivity contribution is 14.0. The number of pyridine rings is 1. The van der Waals surface area contributed by atoms with Crippen LogP contribution in [0.4, 0.5) is 0 Å². The first-order valence-corrected chi connectivity index (χ1v) is 8.90. The highest BCUT2D eigenvalue weighted by atomic mass is 127. The number of carbonyl (C=O) groups is 1. The van der Waals surface area contributed by atoms with Crippen LogP contribution in [-0.4, -0.2) is 55.5 Å². The summed E-state index contributed by atoms with van der Waals surface area (Å²) in [4.78, 5) is 22.3. The van der Waals surface area contributed by atoms with E-state index in [1.54, 1.807) is 20.3 Å². The molecule has 1 aliphatic rings. The van der Waals surface area contributed by atoms with Crippen LogP contribution >= 0.6 is 24.0 Å². The molecule has 7 nitrogen and oxygen atoms in total. The number of hydrogen-bond acceptors (Lipinski definition) is 4. The third-order valence-electron chi connectivity index (χ3n) is 4.42. The molecule has 2 rings (SSSR count). The monoisotopic (exact) mass is 475 g/mol. The normalized spacial score (nSPS) is 15.2. The van der Waals surface area contributed by atoms with Crippen molar-refractivity contribution in [1.29, 1.82) is 0 Å². The second-order valence-electron chi connectivity index (χ2n) is 6.14. The Morgan fingerprint density at radius 2 is 2.15 bits per heavy atom. The number of nitrogens with zero attached hydrogens (tertiary/aromatic N) is 3. The van der Waals surface area contributed by atoms with E-state index in [-0.39, 0.29) is 29.9 Å². The van der Waals surface area contributed by atoms with Gasteiger partial charge in [0.05, 0.1) is 6.61 Å². The fourth-order valence-electron chi connectivity index (χ4n) is 3.01. The summed E-state index contributed by atoms with van der Waals surface area (Å²) in [7, 11) is 3.50. The number of hydrogen-bond donors (Lipinski definition) is 2. The summed E-state index contributed by atoms with van der Waals surface area (Å²) in [6, 6.07) is 3.91. The Bertz CT molecular complexity index is 589. The molecule has 0 aromatic carbocycles. The van der Waals surface area contributed by atoms with E-state index in [1.165, 1.54) is 0 Å². The maximum atomic E-state index is 11.5. The highest BCUT2D eigenvalue weighted by Crippen LogP contribution is 2.20. The van der Waals surface area contributed by atoms with Crippen molar-refractivity contribution in [2.24, 2.45) is 10.9 Å². The number of piperidine rings is 1. The third kappa shape index (κ3) is 6.97. The van der Waals surface area contributed by atoms with Crippen LogP contribution in [0, 0.1) is 5.92 Å². The molecule has 146 valence electrons. The zero-order valence-corrected chi connectivity index (χ0v) is 18.2. The van der Waals surface area contributed by atoms with E-state index >= 15 is 0 Å². The molecule has 1 aliphatic heterocycles. The maximum absolute atomic E-state index is 11.5. The van der Waals surface area contributed by atoms with Gasteiger partial charge in [0, 0.05) is 52.4 Å². The molecule has 1 aromatic heterocycles. The van der Waals surface area contributed by atoms with E-state index < -0.39 is 0 Å². The zero-order chi connectivity index (χ0) is 18.1. The van der Waals surface area contributed by atoms with Gasteiger partial charge < -0.3 is 20.3 Å². The summed E-state index contributed by atoms with van der Waals surface area (Å²) in [6.45, 7) is 5.07. The Morgan fingerprint density at radius 1 is 1.42 bits per heavy atom. The van der Waals surface area contributed by atoms with Crippen LogP contribution in [0.25, 0.3) is 0 Å². The fraction of sp³-hybridized carbons (Fsp3) is 0.611. The van der Waals surface area contributed by atoms with Gasteiger partial charge in [-0.05, 0) is 37.3 Å². The van der Waals surface area contributed by atoms with Crippen molar-refractivity contribution in [3.8, 4) is 5.88 Å². The molecule has 1 fully saturated rings. The molecule has 8 heteroatoms. The van der Waals surface area contributed by atoms with Crippen molar-refractivity contribution in [3.63, 3.8) is 0 Å². The Kier molecular flexibility index (Phi) is 10.3. The number of halogens is 1. The number of aliphatic imine (C=N–C) groups is 1. The van der Waals surface area contributed by atoms with Crippen LogP contribution in [0.1, 0.15) is 31.7 Å². The van der Waals surface area contributed by atoms with Gasteiger partial charge in [-0.3, -0.25) is 9.79 Å². The van der Waals surface area contributed by atoms with Crippen LogP contribution in [0.15, 0.2) is 23.3 Å². The minimum Gasteiger partial charge on any atom is -0.478 e. The van der Waals surface area contributed by atoms with E-state index in [9.17, 15) is 4.79 Å². The van der Waals surface area contributed by atoms with Crippen molar-refractivity contribution in [3.05, 3.63) is 23.9 Å². The van der Waals surface area contributed by atoms with Crippen LogP contribution < -0.4 is 15.4 Å². The van der Waals surface area contributed by atoms with E-state index in [4.69, 9.17) is 4.74 Å². The average Bonchev–Trinajstić information content (AvgIpc) is 2.64. The van der Waals surface area contributed by atoms with E-state index in [0.717, 1.165) is 37.5 Å². The van der Waals surface area contributed by atoms with Crippen molar-refractivity contribution >= 4 is 35.8 Å².